The van der Waals surface area contributed by atoms with Crippen molar-refractivity contribution < 1.29 is 0 Å². The molecule has 0 unspecified atom stereocenters. The first-order chi connectivity index (χ1) is 9.38. The normalized spacial score (nSPS) is 11.6. The molecule has 6 heteroatoms. The Labute approximate surface area is 133 Å². The molecule has 0 bridgehead atoms. The maximum Gasteiger partial charge on any atom is 0.165 e. The second-order valence-corrected chi connectivity index (χ2v) is 6.67. The zero-order valence-corrected chi connectivity index (χ0v) is 14.4. The van der Waals surface area contributed by atoms with Gasteiger partial charge in [-0.3, -0.25) is 4.68 Å². The molecular weight excluding hydrogens is 365 g/mol. The number of hydrogen-bond acceptors (Lipinski definition) is 4. The molecule has 0 amide bonds. The van der Waals surface area contributed by atoms with Crippen molar-refractivity contribution in [2.24, 2.45) is 5.92 Å². The number of nitrogen functional groups attached to an aromatic ring is 1. The topological polar surface area (TPSA) is 69.6 Å². The molecule has 0 saturated carbocycles. The number of halogens is 1. The summed E-state index contributed by atoms with van der Waals surface area (Å²) in [7, 11) is 0. The van der Waals surface area contributed by atoms with E-state index in [0.29, 0.717) is 23.6 Å². The molecule has 5 nitrogen and oxygen atoms in total. The molecule has 0 atom stereocenters. The molecule has 20 heavy (non-hydrogen) atoms. The third-order valence-corrected chi connectivity index (χ3v) is 4.11. The maximum atomic E-state index is 6.02. The van der Waals surface area contributed by atoms with E-state index in [1.165, 1.54) is 0 Å². The summed E-state index contributed by atoms with van der Waals surface area (Å²) >= 11 is 2.22. The summed E-state index contributed by atoms with van der Waals surface area (Å²) in [5.74, 6) is 1.73. The van der Waals surface area contributed by atoms with Crippen LogP contribution in [0, 0.1) is 9.49 Å². The third-order valence-electron chi connectivity index (χ3n) is 2.94. The molecular formula is C14H20IN5. The van der Waals surface area contributed by atoms with Crippen LogP contribution in [-0.2, 0) is 6.42 Å². The Morgan fingerprint density at radius 3 is 2.50 bits per heavy atom. The van der Waals surface area contributed by atoms with Crippen molar-refractivity contribution in [1.29, 1.82) is 0 Å². The largest absolute Gasteiger partial charge is 0.383 e. The van der Waals surface area contributed by atoms with Gasteiger partial charge in [-0.25, -0.2) is 9.97 Å². The van der Waals surface area contributed by atoms with E-state index >= 15 is 0 Å². The van der Waals surface area contributed by atoms with Crippen LogP contribution in [0.5, 0.6) is 0 Å². The summed E-state index contributed by atoms with van der Waals surface area (Å²) in [5.41, 5.74) is 7.94. The van der Waals surface area contributed by atoms with E-state index in [1.807, 2.05) is 10.9 Å². The number of nitrogens with zero attached hydrogens (tertiary/aromatic N) is 4. The van der Waals surface area contributed by atoms with Gasteiger partial charge in [0.15, 0.2) is 5.82 Å². The first kappa shape index (κ1) is 15.2. The van der Waals surface area contributed by atoms with Crippen LogP contribution in [0.3, 0.4) is 0 Å². The minimum Gasteiger partial charge on any atom is -0.383 e. The van der Waals surface area contributed by atoms with Gasteiger partial charge >= 0.3 is 0 Å². The minimum absolute atomic E-state index is 0.320. The minimum atomic E-state index is 0.320. The second-order valence-electron chi connectivity index (χ2n) is 5.59. The Morgan fingerprint density at radius 1 is 1.25 bits per heavy atom. The highest BCUT2D eigenvalue weighted by Gasteiger charge is 2.14. The second kappa shape index (κ2) is 6.07. The zero-order chi connectivity index (χ0) is 14.9. The Morgan fingerprint density at radius 2 is 1.95 bits per heavy atom. The predicted molar refractivity (Wildman–Crippen MR) is 89.3 cm³/mol. The van der Waals surface area contributed by atoms with Gasteiger partial charge in [-0.1, -0.05) is 13.8 Å². The molecule has 0 aliphatic rings. The van der Waals surface area contributed by atoms with Gasteiger partial charge in [-0.15, -0.1) is 0 Å². The monoisotopic (exact) mass is 385 g/mol. The Kier molecular flexibility index (Phi) is 4.62. The Balaban J connectivity index is 2.43. The van der Waals surface area contributed by atoms with E-state index in [-0.39, 0.29) is 0 Å². The SMILES string of the molecule is CC(C)Cc1nc(-c2cnn(C(C)C)c2)nc(N)c1I. The molecule has 2 aromatic rings. The number of aromatic nitrogens is 4. The lowest BCUT2D eigenvalue weighted by atomic mass is 10.1. The average molecular weight is 385 g/mol. The fourth-order valence-corrected chi connectivity index (χ4v) is 2.36. The summed E-state index contributed by atoms with van der Waals surface area (Å²) in [4.78, 5) is 9.05. The first-order valence-corrected chi connectivity index (χ1v) is 7.82. The molecule has 2 N–H and O–H groups in total. The fraction of sp³-hybridized carbons (Fsp3) is 0.500. The average Bonchev–Trinajstić information content (AvgIpc) is 2.83. The predicted octanol–water partition coefficient (Wildman–Crippen LogP) is 3.31. The Bertz CT molecular complexity index is 604. The lowest BCUT2D eigenvalue weighted by Gasteiger charge is -2.10. The lowest BCUT2D eigenvalue weighted by molar-refractivity contribution is 0.532. The number of nitrogens with two attached hydrogens (primary N) is 1. The Hall–Kier alpha value is -1.18. The zero-order valence-electron chi connectivity index (χ0n) is 12.3. The van der Waals surface area contributed by atoms with Crippen molar-refractivity contribution in [2.45, 2.75) is 40.2 Å². The summed E-state index contributed by atoms with van der Waals surface area (Å²) in [6.45, 7) is 8.52. The standard InChI is InChI=1S/C14H20IN5/c1-8(2)5-11-12(15)13(16)19-14(18-11)10-6-17-20(7-10)9(3)4/h6-9H,5H2,1-4H3,(H2,16,18,19). The first-order valence-electron chi connectivity index (χ1n) is 6.75. The van der Waals surface area contributed by atoms with Gasteiger partial charge in [0.1, 0.15) is 5.82 Å². The van der Waals surface area contributed by atoms with E-state index in [0.717, 1.165) is 21.2 Å². The van der Waals surface area contributed by atoms with Gasteiger partial charge in [0.05, 0.1) is 21.0 Å². The van der Waals surface area contributed by atoms with Gasteiger partial charge in [0, 0.05) is 12.2 Å². The summed E-state index contributed by atoms with van der Waals surface area (Å²) in [5, 5.41) is 4.33. The van der Waals surface area contributed by atoms with Crippen molar-refractivity contribution in [3.63, 3.8) is 0 Å². The highest BCUT2D eigenvalue weighted by Crippen LogP contribution is 2.24. The van der Waals surface area contributed by atoms with Crippen LogP contribution < -0.4 is 5.73 Å². The van der Waals surface area contributed by atoms with Gasteiger partial charge in [0.25, 0.3) is 0 Å². The molecule has 0 fully saturated rings. The summed E-state index contributed by atoms with van der Waals surface area (Å²) < 4.78 is 2.85. The molecule has 0 aromatic carbocycles. The summed E-state index contributed by atoms with van der Waals surface area (Å²) in [6, 6.07) is 0.320. The van der Waals surface area contributed by atoms with Crippen LogP contribution >= 0.6 is 22.6 Å². The molecule has 2 heterocycles. The lowest BCUT2D eigenvalue weighted by Crippen LogP contribution is -2.07. The molecule has 0 saturated heterocycles. The van der Waals surface area contributed by atoms with Crippen LogP contribution in [0.2, 0.25) is 0 Å². The molecule has 108 valence electrons. The van der Waals surface area contributed by atoms with Crippen molar-refractivity contribution in [2.75, 3.05) is 5.73 Å². The highest BCUT2D eigenvalue weighted by atomic mass is 127. The van der Waals surface area contributed by atoms with Crippen LogP contribution in [0.25, 0.3) is 11.4 Å². The molecule has 0 spiro atoms. The van der Waals surface area contributed by atoms with E-state index in [4.69, 9.17) is 5.73 Å². The van der Waals surface area contributed by atoms with Crippen molar-refractivity contribution in [1.82, 2.24) is 19.7 Å². The van der Waals surface area contributed by atoms with Crippen molar-refractivity contribution >= 4 is 28.4 Å². The van der Waals surface area contributed by atoms with E-state index in [9.17, 15) is 0 Å². The third kappa shape index (κ3) is 3.28. The smallest absolute Gasteiger partial charge is 0.165 e. The van der Waals surface area contributed by atoms with Crippen LogP contribution in [0.15, 0.2) is 12.4 Å². The van der Waals surface area contributed by atoms with Crippen LogP contribution in [0.1, 0.15) is 39.4 Å². The highest BCUT2D eigenvalue weighted by molar-refractivity contribution is 14.1. The van der Waals surface area contributed by atoms with Crippen LogP contribution in [0.4, 0.5) is 5.82 Å². The fourth-order valence-electron chi connectivity index (χ4n) is 1.90. The molecule has 2 rings (SSSR count). The molecule has 0 aliphatic heterocycles. The molecule has 0 radical (unpaired) electrons. The van der Waals surface area contributed by atoms with E-state index in [2.05, 4.69) is 65.4 Å². The molecule has 0 aliphatic carbocycles. The quantitative estimate of drug-likeness (QED) is 0.820. The van der Waals surface area contributed by atoms with Gasteiger partial charge < -0.3 is 5.73 Å². The number of anilines is 1. The number of rotatable bonds is 4. The maximum absolute atomic E-state index is 6.02. The molecule has 2 aromatic heterocycles. The van der Waals surface area contributed by atoms with Crippen molar-refractivity contribution in [3.05, 3.63) is 21.7 Å². The van der Waals surface area contributed by atoms with E-state index in [1.54, 1.807) is 6.20 Å². The van der Waals surface area contributed by atoms with E-state index < -0.39 is 0 Å². The summed E-state index contributed by atoms with van der Waals surface area (Å²) in [6.07, 6.45) is 4.66. The van der Waals surface area contributed by atoms with Gasteiger partial charge in [-0.05, 0) is 48.8 Å². The number of hydrogen-bond donors (Lipinski definition) is 1. The van der Waals surface area contributed by atoms with Gasteiger partial charge in [0.2, 0.25) is 0 Å². The van der Waals surface area contributed by atoms with Crippen molar-refractivity contribution in [3.8, 4) is 11.4 Å². The van der Waals surface area contributed by atoms with Crippen LogP contribution in [-0.4, -0.2) is 19.7 Å². The van der Waals surface area contributed by atoms with Gasteiger partial charge in [-0.2, -0.15) is 5.10 Å².